The quantitative estimate of drug-likeness (QED) is 0.665. The highest BCUT2D eigenvalue weighted by Gasteiger charge is 2.56. The van der Waals surface area contributed by atoms with Crippen LogP contribution >= 0.6 is 0 Å². The molecule has 2 fully saturated rings. The Bertz CT molecular complexity index is 424. The second-order valence-corrected chi connectivity index (χ2v) is 9.19. The summed E-state index contributed by atoms with van der Waals surface area (Å²) < 4.78 is 0. The second-order valence-electron chi connectivity index (χ2n) is 9.19. The third-order valence-corrected chi connectivity index (χ3v) is 6.92. The van der Waals surface area contributed by atoms with Crippen LogP contribution in [0.3, 0.4) is 0 Å². The molecule has 3 rings (SSSR count). The Hall–Kier alpha value is -0.300. The van der Waals surface area contributed by atoms with E-state index in [1.807, 2.05) is 19.4 Å². The van der Waals surface area contributed by atoms with E-state index in [1.165, 1.54) is 51.4 Å². The first-order chi connectivity index (χ1) is 9.77. The molecule has 3 aliphatic rings. The average molecular weight is 290 g/mol. The Labute approximate surface area is 131 Å². The van der Waals surface area contributed by atoms with Crippen molar-refractivity contribution in [3.8, 4) is 0 Å². The predicted octanol–water partition coefficient (Wildman–Crippen LogP) is 5.48. The number of hydrogen-bond donors (Lipinski definition) is 1. The highest BCUT2D eigenvalue weighted by atomic mass is 16.3. The molecule has 2 saturated carbocycles. The van der Waals surface area contributed by atoms with Crippen LogP contribution in [-0.2, 0) is 0 Å². The van der Waals surface area contributed by atoms with E-state index in [4.69, 9.17) is 0 Å². The Morgan fingerprint density at radius 2 is 2.00 bits per heavy atom. The van der Waals surface area contributed by atoms with Gasteiger partial charge >= 0.3 is 0 Å². The topological polar surface area (TPSA) is 20.2 Å². The first kappa shape index (κ1) is 15.6. The van der Waals surface area contributed by atoms with Gasteiger partial charge in [0.05, 0.1) is 5.60 Å². The molecule has 3 aliphatic carbocycles. The smallest absolute Gasteiger partial charge is 0.0591 e. The molecule has 0 radical (unpaired) electrons. The van der Waals surface area contributed by atoms with Crippen LogP contribution in [0.15, 0.2) is 11.6 Å². The molecule has 0 unspecified atom stereocenters. The normalized spacial score (nSPS) is 38.0. The van der Waals surface area contributed by atoms with Gasteiger partial charge in [0.25, 0.3) is 0 Å². The van der Waals surface area contributed by atoms with Crippen LogP contribution in [0.4, 0.5) is 0 Å². The van der Waals surface area contributed by atoms with Crippen LogP contribution in [0.1, 0.15) is 85.5 Å². The number of aliphatic hydroxyl groups is 1. The Balaban J connectivity index is 1.69. The highest BCUT2D eigenvalue weighted by Crippen LogP contribution is 2.67. The molecular weight excluding hydrogens is 256 g/mol. The van der Waals surface area contributed by atoms with Crippen molar-refractivity contribution >= 4 is 0 Å². The van der Waals surface area contributed by atoms with Crippen LogP contribution in [0.5, 0.6) is 0 Å². The number of allylic oxidation sites excluding steroid dienone is 2. The Morgan fingerprint density at radius 1 is 1.29 bits per heavy atom. The van der Waals surface area contributed by atoms with E-state index >= 15 is 0 Å². The van der Waals surface area contributed by atoms with Crippen LogP contribution in [0.2, 0.25) is 0 Å². The molecule has 1 N–H and O–H groups in total. The summed E-state index contributed by atoms with van der Waals surface area (Å²) in [6.07, 6.45) is 14.5. The molecule has 0 bridgehead atoms. The largest absolute Gasteiger partial charge is 0.390 e. The van der Waals surface area contributed by atoms with Crippen LogP contribution < -0.4 is 0 Å². The van der Waals surface area contributed by atoms with Gasteiger partial charge in [-0.05, 0) is 81.5 Å². The fourth-order valence-corrected chi connectivity index (χ4v) is 5.60. The van der Waals surface area contributed by atoms with Crippen molar-refractivity contribution in [1.29, 1.82) is 0 Å². The highest BCUT2D eigenvalue weighted by molar-refractivity contribution is 5.34. The Kier molecular flexibility index (Phi) is 3.80. The van der Waals surface area contributed by atoms with Gasteiger partial charge in [-0.15, -0.1) is 0 Å². The van der Waals surface area contributed by atoms with Crippen molar-refractivity contribution in [3.05, 3.63) is 11.6 Å². The minimum Gasteiger partial charge on any atom is -0.390 e. The average Bonchev–Trinajstić information content (AvgIpc) is 3.03. The predicted molar refractivity (Wildman–Crippen MR) is 89.1 cm³/mol. The van der Waals surface area contributed by atoms with Gasteiger partial charge in [-0.25, -0.2) is 0 Å². The molecule has 0 heterocycles. The van der Waals surface area contributed by atoms with Crippen molar-refractivity contribution in [2.45, 2.75) is 91.1 Å². The number of rotatable bonds is 5. The van der Waals surface area contributed by atoms with E-state index in [-0.39, 0.29) is 0 Å². The summed E-state index contributed by atoms with van der Waals surface area (Å²) in [4.78, 5) is 0. The van der Waals surface area contributed by atoms with E-state index in [0.29, 0.717) is 10.8 Å². The molecular formula is C20H34O. The molecule has 0 aromatic heterocycles. The molecule has 0 aliphatic heterocycles. The summed E-state index contributed by atoms with van der Waals surface area (Å²) in [5, 5.41) is 9.96. The molecule has 1 nitrogen and oxygen atoms in total. The lowest BCUT2D eigenvalue weighted by molar-refractivity contribution is 0.0654. The SMILES string of the molecule is C[C@H]1CCC[C@]2(C)C(C3(CCCC(C)(C)O)CC3)=CC[C@@H]12. The first-order valence-electron chi connectivity index (χ1n) is 9.20. The monoisotopic (exact) mass is 290 g/mol. The van der Waals surface area contributed by atoms with Gasteiger partial charge in [0.15, 0.2) is 0 Å². The molecule has 0 aromatic carbocycles. The lowest BCUT2D eigenvalue weighted by Gasteiger charge is -2.45. The molecule has 21 heavy (non-hydrogen) atoms. The lowest BCUT2D eigenvalue weighted by Crippen LogP contribution is -2.36. The summed E-state index contributed by atoms with van der Waals surface area (Å²) in [6.45, 7) is 8.94. The summed E-state index contributed by atoms with van der Waals surface area (Å²) in [7, 11) is 0. The zero-order valence-electron chi connectivity index (χ0n) is 14.5. The molecule has 0 spiro atoms. The Morgan fingerprint density at radius 3 is 2.62 bits per heavy atom. The molecule has 1 heteroatoms. The fourth-order valence-electron chi connectivity index (χ4n) is 5.60. The van der Waals surface area contributed by atoms with Crippen LogP contribution in [-0.4, -0.2) is 10.7 Å². The molecule has 120 valence electrons. The fraction of sp³-hybridized carbons (Fsp3) is 0.900. The zero-order valence-corrected chi connectivity index (χ0v) is 14.5. The van der Waals surface area contributed by atoms with Crippen molar-refractivity contribution in [1.82, 2.24) is 0 Å². The summed E-state index contributed by atoms with van der Waals surface area (Å²) in [5.41, 5.74) is 2.38. The van der Waals surface area contributed by atoms with Crippen molar-refractivity contribution < 1.29 is 5.11 Å². The second kappa shape index (κ2) is 5.11. The minimum absolute atomic E-state index is 0.494. The zero-order chi connectivity index (χ0) is 15.3. The standard InChI is InChI=1S/C20H34O/c1-15-7-5-11-19(4)16(15)8-9-17(19)20(13-14-20)12-6-10-18(2,3)21/h9,15-16,21H,5-8,10-14H2,1-4H3/t15-,16-,19-/m0/s1. The van der Waals surface area contributed by atoms with Gasteiger partial charge in [-0.2, -0.15) is 0 Å². The third kappa shape index (κ3) is 2.83. The lowest BCUT2D eigenvalue weighted by atomic mass is 9.59. The van der Waals surface area contributed by atoms with Crippen molar-refractivity contribution in [2.75, 3.05) is 0 Å². The van der Waals surface area contributed by atoms with Gasteiger partial charge in [0.2, 0.25) is 0 Å². The molecule has 0 amide bonds. The first-order valence-corrected chi connectivity index (χ1v) is 9.20. The van der Waals surface area contributed by atoms with Crippen molar-refractivity contribution in [2.24, 2.45) is 22.7 Å². The van der Waals surface area contributed by atoms with Crippen LogP contribution in [0, 0.1) is 22.7 Å². The maximum Gasteiger partial charge on any atom is 0.0591 e. The minimum atomic E-state index is -0.494. The molecule has 0 aromatic rings. The molecule has 0 saturated heterocycles. The maximum atomic E-state index is 9.96. The van der Waals surface area contributed by atoms with E-state index in [1.54, 1.807) is 0 Å². The van der Waals surface area contributed by atoms with Gasteiger partial charge in [-0.1, -0.05) is 38.3 Å². The third-order valence-electron chi connectivity index (χ3n) is 6.92. The summed E-state index contributed by atoms with van der Waals surface area (Å²) in [6, 6.07) is 0. The number of fused-ring (bicyclic) bond motifs is 1. The van der Waals surface area contributed by atoms with Gasteiger partial charge in [0.1, 0.15) is 0 Å². The summed E-state index contributed by atoms with van der Waals surface area (Å²) >= 11 is 0. The van der Waals surface area contributed by atoms with Gasteiger partial charge < -0.3 is 5.11 Å². The molecule has 3 atom stereocenters. The van der Waals surface area contributed by atoms with E-state index in [9.17, 15) is 5.11 Å². The van der Waals surface area contributed by atoms with E-state index in [0.717, 1.165) is 18.3 Å². The number of hydrogen-bond acceptors (Lipinski definition) is 1. The van der Waals surface area contributed by atoms with E-state index < -0.39 is 5.60 Å². The van der Waals surface area contributed by atoms with E-state index in [2.05, 4.69) is 19.9 Å². The summed E-state index contributed by atoms with van der Waals surface area (Å²) in [5.74, 6) is 1.82. The van der Waals surface area contributed by atoms with Gasteiger partial charge in [0, 0.05) is 0 Å². The van der Waals surface area contributed by atoms with Crippen LogP contribution in [0.25, 0.3) is 0 Å². The van der Waals surface area contributed by atoms with Crippen molar-refractivity contribution in [3.63, 3.8) is 0 Å². The van der Waals surface area contributed by atoms with Gasteiger partial charge in [-0.3, -0.25) is 0 Å². The maximum absolute atomic E-state index is 9.96.